The Morgan fingerprint density at radius 2 is 1.41 bits per heavy atom. The molecule has 0 radical (unpaired) electrons. The number of Topliss-reactive ketones (excluding diaryl/α,β-unsaturated/α-hetero) is 1. The average molecular weight is 455 g/mol. The molecule has 0 saturated carbocycles. The van der Waals surface area contributed by atoms with Crippen LogP contribution < -0.4 is 9.80 Å². The maximum atomic E-state index is 13.8. The Morgan fingerprint density at radius 1 is 0.824 bits per heavy atom. The molecule has 3 aliphatic rings. The zero-order valence-corrected chi connectivity index (χ0v) is 19.5. The van der Waals surface area contributed by atoms with Gasteiger partial charge in [0.05, 0.1) is 18.2 Å². The Bertz CT molecular complexity index is 1310. The molecule has 8 nitrogen and oxygen atoms in total. The first kappa shape index (κ1) is 20.9. The molecule has 4 bridgehead atoms. The molecular weight excluding hydrogens is 428 g/mol. The summed E-state index contributed by atoms with van der Waals surface area (Å²) in [7, 11) is 0. The highest BCUT2D eigenvalue weighted by Crippen LogP contribution is 2.50. The molecule has 5 heterocycles. The third kappa shape index (κ3) is 2.98. The van der Waals surface area contributed by atoms with E-state index in [9.17, 15) is 9.90 Å². The molecule has 1 aromatic carbocycles. The fourth-order valence-corrected chi connectivity index (χ4v) is 5.82. The predicted molar refractivity (Wildman–Crippen MR) is 128 cm³/mol. The summed E-state index contributed by atoms with van der Waals surface area (Å²) >= 11 is 0. The van der Waals surface area contributed by atoms with Crippen molar-refractivity contribution < 1.29 is 9.90 Å². The average Bonchev–Trinajstić information content (AvgIpc) is 2.77. The molecule has 0 spiro atoms. The van der Waals surface area contributed by atoms with Crippen molar-refractivity contribution in [1.82, 2.24) is 19.9 Å². The molecule has 1 fully saturated rings. The minimum absolute atomic E-state index is 0.0159. The Balaban J connectivity index is 1.61. The zero-order valence-electron chi connectivity index (χ0n) is 19.5. The number of aliphatic hydroxyl groups is 1. The van der Waals surface area contributed by atoms with Crippen LogP contribution in [0.25, 0.3) is 0 Å². The van der Waals surface area contributed by atoms with E-state index >= 15 is 0 Å². The molecule has 5 unspecified atom stereocenters. The lowest BCUT2D eigenvalue weighted by Crippen LogP contribution is -2.69. The third-order valence-corrected chi connectivity index (χ3v) is 7.04. The lowest BCUT2D eigenvalue weighted by atomic mass is 9.68. The summed E-state index contributed by atoms with van der Waals surface area (Å²) in [5.74, 6) is 0.616. The molecule has 6 rings (SSSR count). The second kappa shape index (κ2) is 7.43. The van der Waals surface area contributed by atoms with Gasteiger partial charge in [0, 0.05) is 40.5 Å². The van der Waals surface area contributed by atoms with Gasteiger partial charge in [0.1, 0.15) is 6.04 Å². The fourth-order valence-electron chi connectivity index (χ4n) is 5.82. The van der Waals surface area contributed by atoms with Crippen molar-refractivity contribution in [2.24, 2.45) is 5.92 Å². The summed E-state index contributed by atoms with van der Waals surface area (Å²) in [4.78, 5) is 36.6. The number of aliphatic hydroxyl groups excluding tert-OH is 1. The van der Waals surface area contributed by atoms with Gasteiger partial charge in [-0.3, -0.25) is 4.79 Å². The lowest BCUT2D eigenvalue weighted by molar-refractivity contribution is 0.0353. The normalized spacial score (nSPS) is 27.1. The van der Waals surface area contributed by atoms with Crippen molar-refractivity contribution in [2.75, 3.05) is 9.80 Å². The van der Waals surface area contributed by atoms with Crippen molar-refractivity contribution in [2.45, 2.75) is 51.9 Å². The Kier molecular flexibility index (Phi) is 4.57. The number of hydrogen-bond acceptors (Lipinski definition) is 8. The van der Waals surface area contributed by atoms with Crippen molar-refractivity contribution in [1.29, 1.82) is 0 Å². The highest BCUT2D eigenvalue weighted by Gasteiger charge is 2.59. The Morgan fingerprint density at radius 3 is 2.06 bits per heavy atom. The van der Waals surface area contributed by atoms with Crippen LogP contribution in [-0.4, -0.2) is 49.0 Å². The van der Waals surface area contributed by atoms with E-state index in [1.54, 1.807) is 0 Å². The number of fused-ring (bicyclic) bond motifs is 8. The van der Waals surface area contributed by atoms with Crippen molar-refractivity contribution in [3.63, 3.8) is 0 Å². The maximum absolute atomic E-state index is 13.8. The lowest BCUT2D eigenvalue weighted by Gasteiger charge is -2.57. The van der Waals surface area contributed by atoms with E-state index in [0.717, 1.165) is 28.3 Å². The number of aryl methyl sites for hydroxylation is 4. The number of piperidine rings is 1. The molecule has 2 aromatic heterocycles. The molecule has 3 aliphatic heterocycles. The molecule has 1 N–H and O–H groups in total. The molecule has 8 heteroatoms. The molecule has 0 aliphatic carbocycles. The van der Waals surface area contributed by atoms with E-state index < -0.39 is 24.1 Å². The SMILES string of the molecule is Cc1cc(C)nc(N2C=CC3C(O)C2C2c4ccccc4C(=O)C3N2c2nc(C)cc(C)n2)n1. The monoisotopic (exact) mass is 454 g/mol. The molecular formula is C26H26N6O2. The number of carbonyl (C=O) groups is 1. The van der Waals surface area contributed by atoms with E-state index in [0.29, 0.717) is 17.5 Å². The van der Waals surface area contributed by atoms with Crippen LogP contribution in [0.2, 0.25) is 0 Å². The van der Waals surface area contributed by atoms with Gasteiger partial charge >= 0.3 is 0 Å². The first-order valence-corrected chi connectivity index (χ1v) is 11.5. The summed E-state index contributed by atoms with van der Waals surface area (Å²) in [6.45, 7) is 7.73. The van der Waals surface area contributed by atoms with Gasteiger partial charge in [-0.05, 0) is 45.4 Å². The van der Waals surface area contributed by atoms with Gasteiger partial charge < -0.3 is 14.9 Å². The topological polar surface area (TPSA) is 95.3 Å². The number of benzene rings is 1. The highest BCUT2D eigenvalue weighted by atomic mass is 16.3. The number of hydrogen-bond donors (Lipinski definition) is 1. The van der Waals surface area contributed by atoms with E-state index in [2.05, 4.69) is 9.97 Å². The molecule has 3 aromatic rings. The van der Waals surface area contributed by atoms with Gasteiger partial charge in [-0.1, -0.05) is 30.3 Å². The number of ketones is 1. The molecule has 1 saturated heterocycles. The molecule has 34 heavy (non-hydrogen) atoms. The summed E-state index contributed by atoms with van der Waals surface area (Å²) in [6.07, 6.45) is 3.05. The van der Waals surface area contributed by atoms with E-state index in [1.165, 1.54) is 0 Å². The first-order valence-electron chi connectivity index (χ1n) is 11.5. The predicted octanol–water partition coefficient (Wildman–Crippen LogP) is 3.01. The van der Waals surface area contributed by atoms with Crippen LogP contribution in [0.1, 0.15) is 44.7 Å². The first-order chi connectivity index (χ1) is 16.3. The van der Waals surface area contributed by atoms with Crippen molar-refractivity contribution in [3.05, 3.63) is 82.6 Å². The van der Waals surface area contributed by atoms with E-state index in [-0.39, 0.29) is 11.8 Å². The number of rotatable bonds is 2. The highest BCUT2D eigenvalue weighted by molar-refractivity contribution is 6.06. The van der Waals surface area contributed by atoms with Crippen molar-refractivity contribution >= 4 is 17.7 Å². The van der Waals surface area contributed by atoms with Gasteiger partial charge in [-0.15, -0.1) is 0 Å². The van der Waals surface area contributed by atoms with Crippen molar-refractivity contribution in [3.8, 4) is 0 Å². The quantitative estimate of drug-likeness (QED) is 0.631. The second-order valence-electron chi connectivity index (χ2n) is 9.46. The van der Waals surface area contributed by atoms with Crippen LogP contribution in [0.5, 0.6) is 0 Å². The van der Waals surface area contributed by atoms with Crippen LogP contribution >= 0.6 is 0 Å². The smallest absolute Gasteiger partial charge is 0.230 e. The number of carbonyl (C=O) groups excluding carboxylic acids is 1. The van der Waals surface area contributed by atoms with Gasteiger partial charge in [0.2, 0.25) is 11.9 Å². The largest absolute Gasteiger partial charge is 0.390 e. The van der Waals surface area contributed by atoms with Crippen LogP contribution in [0.4, 0.5) is 11.9 Å². The molecule has 0 amide bonds. The second-order valence-corrected chi connectivity index (χ2v) is 9.46. The summed E-state index contributed by atoms with van der Waals surface area (Å²) in [5.41, 5.74) is 4.94. The summed E-state index contributed by atoms with van der Waals surface area (Å²) in [6, 6.07) is 10.1. The number of nitrogens with zero attached hydrogens (tertiary/aromatic N) is 6. The van der Waals surface area contributed by atoms with Gasteiger partial charge in [0.25, 0.3) is 0 Å². The summed E-state index contributed by atoms with van der Waals surface area (Å²) < 4.78 is 0. The Labute approximate surface area is 198 Å². The van der Waals surface area contributed by atoms with Crippen LogP contribution in [0, 0.1) is 33.6 Å². The Hall–Kier alpha value is -3.65. The van der Waals surface area contributed by atoms with Gasteiger partial charge in [-0.25, -0.2) is 19.9 Å². The molecule has 172 valence electrons. The van der Waals surface area contributed by atoms with Gasteiger partial charge in [0.15, 0.2) is 5.78 Å². The van der Waals surface area contributed by atoms with Crippen LogP contribution in [0.3, 0.4) is 0 Å². The zero-order chi connectivity index (χ0) is 23.7. The van der Waals surface area contributed by atoms with Crippen LogP contribution in [-0.2, 0) is 0 Å². The van der Waals surface area contributed by atoms with Crippen LogP contribution in [0.15, 0.2) is 48.7 Å². The minimum atomic E-state index is -0.788. The summed E-state index contributed by atoms with van der Waals surface area (Å²) in [5, 5.41) is 11.6. The van der Waals surface area contributed by atoms with E-state index in [4.69, 9.17) is 9.97 Å². The third-order valence-electron chi connectivity index (χ3n) is 7.04. The van der Waals surface area contributed by atoms with E-state index in [1.807, 2.05) is 86.2 Å². The maximum Gasteiger partial charge on any atom is 0.230 e. The number of aromatic nitrogens is 4. The van der Waals surface area contributed by atoms with Gasteiger partial charge in [-0.2, -0.15) is 0 Å². The fraction of sp³-hybridized carbons (Fsp3) is 0.346. The number of anilines is 2. The minimum Gasteiger partial charge on any atom is -0.390 e. The standard InChI is InChI=1S/C26H26N6O2/c1-13-11-14(2)28-25(27-13)31-10-9-19-21-23(33)18-8-6-5-7-17(18)20(22(31)24(19)34)32(21)26-29-15(3)12-16(4)30-26/h5-12,19-22,24,34H,1-4H3. The molecule has 5 atom stereocenters.